The number of nitrogens with two attached hydrogens (primary N) is 1. The monoisotopic (exact) mass is 310 g/mol. The molecule has 0 fully saturated rings. The van der Waals surface area contributed by atoms with Gasteiger partial charge in [0.05, 0.1) is 0 Å². The number of benzene rings is 1. The lowest BCUT2D eigenvalue weighted by molar-refractivity contribution is 0.448. The Labute approximate surface area is 113 Å². The van der Waals surface area contributed by atoms with E-state index >= 15 is 0 Å². The van der Waals surface area contributed by atoms with E-state index < -0.39 is 0 Å². The van der Waals surface area contributed by atoms with Crippen LogP contribution in [0.5, 0.6) is 11.6 Å². The van der Waals surface area contributed by atoms with Crippen molar-refractivity contribution in [1.29, 1.82) is 0 Å². The predicted molar refractivity (Wildman–Crippen MR) is 71.0 cm³/mol. The topological polar surface area (TPSA) is 48.1 Å². The molecule has 3 nitrogen and oxygen atoms in total. The highest BCUT2D eigenvalue weighted by molar-refractivity contribution is 9.10. The third kappa shape index (κ3) is 2.86. The smallest absolute Gasteiger partial charge is 0.223 e. The van der Waals surface area contributed by atoms with Crippen molar-refractivity contribution in [3.8, 4) is 11.6 Å². The van der Waals surface area contributed by atoms with Crippen molar-refractivity contribution in [2.45, 2.75) is 13.5 Å². The van der Waals surface area contributed by atoms with Crippen LogP contribution in [0.25, 0.3) is 0 Å². The molecule has 2 N–H and O–H groups in total. The number of ether oxygens (including phenoxy) is 1. The van der Waals surface area contributed by atoms with Gasteiger partial charge in [0.1, 0.15) is 11.6 Å². The van der Waals surface area contributed by atoms with Gasteiger partial charge in [-0.05, 0) is 40.5 Å². The van der Waals surface area contributed by atoms with Crippen LogP contribution in [0.3, 0.4) is 0 Å². The number of rotatable bonds is 3. The van der Waals surface area contributed by atoms with Crippen LogP contribution in [-0.4, -0.2) is 4.98 Å². The fourth-order valence-electron chi connectivity index (χ4n) is 1.49. The normalized spacial score (nSPS) is 10.4. The number of halogens is 2. The SMILES string of the molecule is Cc1ccc(F)cc1Oc1ncc(Br)cc1CN. The van der Waals surface area contributed by atoms with Gasteiger partial charge in [0.25, 0.3) is 0 Å². The van der Waals surface area contributed by atoms with Crippen LogP contribution < -0.4 is 10.5 Å². The molecule has 0 aliphatic rings. The second-order valence-corrected chi connectivity index (χ2v) is 4.75. The summed E-state index contributed by atoms with van der Waals surface area (Å²) in [4.78, 5) is 4.14. The Morgan fingerprint density at radius 3 is 2.89 bits per heavy atom. The number of pyridine rings is 1. The Kier molecular flexibility index (Phi) is 3.93. The first kappa shape index (κ1) is 13.0. The van der Waals surface area contributed by atoms with Crippen molar-refractivity contribution in [2.75, 3.05) is 0 Å². The van der Waals surface area contributed by atoms with Gasteiger partial charge in [0.2, 0.25) is 5.88 Å². The van der Waals surface area contributed by atoms with Crippen molar-refractivity contribution in [3.05, 3.63) is 51.9 Å². The first-order chi connectivity index (χ1) is 8.60. The maximum Gasteiger partial charge on any atom is 0.223 e. The minimum absolute atomic E-state index is 0.302. The lowest BCUT2D eigenvalue weighted by Crippen LogP contribution is -2.02. The highest BCUT2D eigenvalue weighted by atomic mass is 79.9. The molecule has 0 aliphatic heterocycles. The zero-order valence-electron chi connectivity index (χ0n) is 9.78. The molecule has 0 saturated heterocycles. The molecule has 0 saturated carbocycles. The Bertz CT molecular complexity index is 575. The molecule has 0 bridgehead atoms. The molecule has 0 amide bonds. The Balaban J connectivity index is 2.36. The summed E-state index contributed by atoms with van der Waals surface area (Å²) >= 11 is 3.32. The second-order valence-electron chi connectivity index (χ2n) is 3.83. The van der Waals surface area contributed by atoms with Gasteiger partial charge in [-0.25, -0.2) is 9.37 Å². The quantitative estimate of drug-likeness (QED) is 0.943. The van der Waals surface area contributed by atoms with E-state index in [-0.39, 0.29) is 5.82 Å². The van der Waals surface area contributed by atoms with Crippen LogP contribution in [0.2, 0.25) is 0 Å². The minimum atomic E-state index is -0.345. The molecule has 94 valence electrons. The van der Waals surface area contributed by atoms with E-state index in [1.54, 1.807) is 12.3 Å². The van der Waals surface area contributed by atoms with Gasteiger partial charge in [-0.2, -0.15) is 0 Å². The Morgan fingerprint density at radius 2 is 2.17 bits per heavy atom. The lowest BCUT2D eigenvalue weighted by Gasteiger charge is -2.11. The van der Waals surface area contributed by atoms with Crippen LogP contribution >= 0.6 is 15.9 Å². The van der Waals surface area contributed by atoms with E-state index in [0.29, 0.717) is 18.2 Å². The van der Waals surface area contributed by atoms with Crippen molar-refractivity contribution in [1.82, 2.24) is 4.98 Å². The van der Waals surface area contributed by atoms with Crippen LogP contribution in [0.1, 0.15) is 11.1 Å². The molecule has 0 atom stereocenters. The van der Waals surface area contributed by atoms with Crippen LogP contribution in [0.15, 0.2) is 34.9 Å². The van der Waals surface area contributed by atoms with Crippen molar-refractivity contribution in [2.24, 2.45) is 5.73 Å². The molecule has 2 rings (SSSR count). The maximum absolute atomic E-state index is 13.2. The lowest BCUT2D eigenvalue weighted by atomic mass is 10.2. The minimum Gasteiger partial charge on any atom is -0.438 e. The molecule has 0 unspecified atom stereocenters. The van der Waals surface area contributed by atoms with E-state index in [0.717, 1.165) is 15.6 Å². The summed E-state index contributed by atoms with van der Waals surface area (Å²) in [5.41, 5.74) is 7.22. The molecule has 0 radical (unpaired) electrons. The van der Waals surface area contributed by atoms with Gasteiger partial charge >= 0.3 is 0 Å². The summed E-state index contributed by atoms with van der Waals surface area (Å²) in [7, 11) is 0. The number of hydrogen-bond acceptors (Lipinski definition) is 3. The second kappa shape index (κ2) is 5.46. The van der Waals surface area contributed by atoms with Crippen LogP contribution in [0, 0.1) is 12.7 Å². The summed E-state index contributed by atoms with van der Waals surface area (Å²) in [6.45, 7) is 2.14. The van der Waals surface area contributed by atoms with E-state index in [2.05, 4.69) is 20.9 Å². The molecule has 0 spiro atoms. The highest BCUT2D eigenvalue weighted by Crippen LogP contribution is 2.28. The number of aryl methyl sites for hydroxylation is 1. The van der Waals surface area contributed by atoms with Gasteiger partial charge < -0.3 is 10.5 Å². The van der Waals surface area contributed by atoms with Gasteiger partial charge in [-0.15, -0.1) is 0 Å². The Morgan fingerprint density at radius 1 is 1.39 bits per heavy atom. The average Bonchev–Trinajstić information content (AvgIpc) is 2.36. The largest absolute Gasteiger partial charge is 0.438 e. The van der Waals surface area contributed by atoms with Gasteiger partial charge in [0, 0.05) is 28.8 Å². The molecular formula is C13H12BrFN2O. The fraction of sp³-hybridized carbons (Fsp3) is 0.154. The van der Waals surface area contributed by atoms with Crippen molar-refractivity contribution in [3.63, 3.8) is 0 Å². The predicted octanol–water partition coefficient (Wildman–Crippen LogP) is 3.54. The van der Waals surface area contributed by atoms with Gasteiger partial charge in [-0.1, -0.05) is 6.07 Å². The summed E-state index contributed by atoms with van der Waals surface area (Å²) in [5.74, 6) is 0.496. The first-order valence-electron chi connectivity index (χ1n) is 5.38. The molecule has 1 aromatic heterocycles. The van der Waals surface area contributed by atoms with Crippen LogP contribution in [0.4, 0.5) is 4.39 Å². The number of aromatic nitrogens is 1. The standard InChI is InChI=1S/C13H12BrFN2O/c1-8-2-3-11(15)5-12(8)18-13-9(6-16)4-10(14)7-17-13/h2-5,7H,6,16H2,1H3. The number of hydrogen-bond donors (Lipinski definition) is 1. The summed E-state index contributed by atoms with van der Waals surface area (Å²) in [6, 6.07) is 6.21. The van der Waals surface area contributed by atoms with E-state index in [1.165, 1.54) is 12.1 Å². The van der Waals surface area contributed by atoms with Crippen molar-refractivity contribution >= 4 is 15.9 Å². The maximum atomic E-state index is 13.2. The third-order valence-corrected chi connectivity index (χ3v) is 2.90. The molecule has 5 heteroatoms. The highest BCUT2D eigenvalue weighted by Gasteiger charge is 2.09. The average molecular weight is 311 g/mol. The zero-order valence-corrected chi connectivity index (χ0v) is 11.4. The van der Waals surface area contributed by atoms with E-state index in [1.807, 2.05) is 13.0 Å². The molecule has 2 aromatic rings. The Hall–Kier alpha value is -1.46. The molecular weight excluding hydrogens is 299 g/mol. The van der Waals surface area contributed by atoms with E-state index in [9.17, 15) is 4.39 Å². The van der Waals surface area contributed by atoms with Crippen LogP contribution in [-0.2, 0) is 6.54 Å². The summed E-state index contributed by atoms with van der Waals surface area (Å²) in [5, 5.41) is 0. The molecule has 1 heterocycles. The summed E-state index contributed by atoms with van der Waals surface area (Å²) in [6.07, 6.45) is 1.61. The number of nitrogens with zero attached hydrogens (tertiary/aromatic N) is 1. The zero-order chi connectivity index (χ0) is 13.1. The molecule has 18 heavy (non-hydrogen) atoms. The van der Waals surface area contributed by atoms with Crippen molar-refractivity contribution < 1.29 is 9.13 Å². The van der Waals surface area contributed by atoms with E-state index in [4.69, 9.17) is 10.5 Å². The van der Waals surface area contributed by atoms with Gasteiger partial charge in [0.15, 0.2) is 0 Å². The third-order valence-electron chi connectivity index (χ3n) is 2.47. The first-order valence-corrected chi connectivity index (χ1v) is 6.18. The van der Waals surface area contributed by atoms with Gasteiger partial charge in [-0.3, -0.25) is 0 Å². The fourth-order valence-corrected chi connectivity index (χ4v) is 1.87. The summed E-state index contributed by atoms with van der Waals surface area (Å²) < 4.78 is 19.6. The molecule has 0 aliphatic carbocycles. The molecule has 1 aromatic carbocycles.